The molecule has 4 heteroatoms. The molecule has 3 N–H and O–H groups in total. The summed E-state index contributed by atoms with van der Waals surface area (Å²) in [5.41, 5.74) is 2.12. The highest BCUT2D eigenvalue weighted by atomic mass is 16.2. The second-order valence-corrected chi connectivity index (χ2v) is 2.44. The Labute approximate surface area is 67.7 Å². The van der Waals surface area contributed by atoms with E-state index in [9.17, 15) is 4.79 Å². The van der Waals surface area contributed by atoms with Crippen molar-refractivity contribution in [2.24, 2.45) is 5.84 Å². The van der Waals surface area contributed by atoms with E-state index in [0.29, 0.717) is 0 Å². The molecular weight excluding hydrogens is 142 g/mol. The van der Waals surface area contributed by atoms with Crippen LogP contribution in [-0.2, 0) is 0 Å². The molecule has 11 heavy (non-hydrogen) atoms. The first-order chi connectivity index (χ1) is 5.26. The maximum Gasteiger partial charge on any atom is 0.331 e. The Morgan fingerprint density at radius 2 is 1.82 bits per heavy atom. The molecular formula is C7H17N3O. The maximum absolute atomic E-state index is 11.0. The lowest BCUT2D eigenvalue weighted by Gasteiger charge is -2.19. The fourth-order valence-corrected chi connectivity index (χ4v) is 0.946. The van der Waals surface area contributed by atoms with E-state index in [4.69, 9.17) is 5.84 Å². The number of nitrogens with one attached hydrogen (secondary N) is 1. The standard InChI is InChI=1S/C7H17N3O/c1-3-5-10(6-4-2)7(11)9-8/h3-6,8H2,1-2H3,(H,9,11). The van der Waals surface area contributed by atoms with E-state index in [1.807, 2.05) is 13.8 Å². The van der Waals surface area contributed by atoms with Crippen LogP contribution in [0.2, 0.25) is 0 Å². The van der Waals surface area contributed by atoms with Crippen molar-refractivity contribution in [3.63, 3.8) is 0 Å². The normalized spacial score (nSPS) is 9.36. The number of hydrogen-bond acceptors (Lipinski definition) is 2. The molecule has 0 saturated carbocycles. The molecule has 0 radical (unpaired) electrons. The van der Waals surface area contributed by atoms with E-state index in [1.165, 1.54) is 0 Å². The first kappa shape index (κ1) is 10.2. The average molecular weight is 159 g/mol. The molecule has 4 nitrogen and oxygen atoms in total. The molecule has 0 bridgehead atoms. The van der Waals surface area contributed by atoms with Crippen LogP contribution in [0, 0.1) is 0 Å². The van der Waals surface area contributed by atoms with Gasteiger partial charge < -0.3 is 4.90 Å². The van der Waals surface area contributed by atoms with Crippen LogP contribution in [0.1, 0.15) is 26.7 Å². The van der Waals surface area contributed by atoms with Crippen molar-refractivity contribution in [3.8, 4) is 0 Å². The van der Waals surface area contributed by atoms with Gasteiger partial charge in [-0.25, -0.2) is 10.6 Å². The van der Waals surface area contributed by atoms with Gasteiger partial charge in [-0.3, -0.25) is 5.43 Å². The van der Waals surface area contributed by atoms with Crippen LogP contribution in [0.5, 0.6) is 0 Å². The van der Waals surface area contributed by atoms with Gasteiger partial charge in [0.15, 0.2) is 0 Å². The van der Waals surface area contributed by atoms with E-state index in [2.05, 4.69) is 5.43 Å². The number of carbonyl (C=O) groups excluding carboxylic acids is 1. The summed E-state index contributed by atoms with van der Waals surface area (Å²) in [6.45, 7) is 5.62. The lowest BCUT2D eigenvalue weighted by molar-refractivity contribution is 0.198. The van der Waals surface area contributed by atoms with Crippen LogP contribution in [-0.4, -0.2) is 24.0 Å². The fourth-order valence-electron chi connectivity index (χ4n) is 0.946. The first-order valence-electron chi connectivity index (χ1n) is 4.01. The Hall–Kier alpha value is -0.770. The van der Waals surface area contributed by atoms with Gasteiger partial charge in [0.1, 0.15) is 0 Å². The van der Waals surface area contributed by atoms with Crippen LogP contribution in [0.3, 0.4) is 0 Å². The van der Waals surface area contributed by atoms with Gasteiger partial charge in [-0.2, -0.15) is 0 Å². The Bertz CT molecular complexity index is 110. The van der Waals surface area contributed by atoms with Crippen molar-refractivity contribution < 1.29 is 4.79 Å². The molecule has 0 aliphatic heterocycles. The van der Waals surface area contributed by atoms with Crippen molar-refractivity contribution >= 4 is 6.03 Å². The third-order valence-corrected chi connectivity index (χ3v) is 1.40. The molecule has 0 aromatic rings. The number of carbonyl (C=O) groups is 1. The summed E-state index contributed by atoms with van der Waals surface area (Å²) >= 11 is 0. The molecule has 0 aromatic heterocycles. The summed E-state index contributed by atoms with van der Waals surface area (Å²) in [4.78, 5) is 12.7. The van der Waals surface area contributed by atoms with E-state index >= 15 is 0 Å². The van der Waals surface area contributed by atoms with Gasteiger partial charge in [0, 0.05) is 13.1 Å². The third kappa shape index (κ3) is 3.83. The molecule has 0 rings (SSSR count). The number of rotatable bonds is 4. The summed E-state index contributed by atoms with van der Waals surface area (Å²) in [5.74, 6) is 4.99. The predicted octanol–water partition coefficient (Wildman–Crippen LogP) is 0.692. The second-order valence-electron chi connectivity index (χ2n) is 2.44. The minimum absolute atomic E-state index is 0.186. The summed E-state index contributed by atoms with van der Waals surface area (Å²) in [5, 5.41) is 0. The number of nitrogens with two attached hydrogens (primary N) is 1. The molecule has 0 aromatic carbocycles. The van der Waals surface area contributed by atoms with E-state index in [1.54, 1.807) is 4.90 Å². The highest BCUT2D eigenvalue weighted by Gasteiger charge is 2.07. The molecule has 0 heterocycles. The lowest BCUT2D eigenvalue weighted by atomic mass is 10.4. The Morgan fingerprint density at radius 3 is 2.09 bits per heavy atom. The van der Waals surface area contributed by atoms with E-state index < -0.39 is 0 Å². The summed E-state index contributed by atoms with van der Waals surface area (Å²) in [6.07, 6.45) is 1.93. The molecule has 0 saturated heterocycles. The topological polar surface area (TPSA) is 58.4 Å². The number of amides is 2. The zero-order valence-corrected chi connectivity index (χ0v) is 7.26. The Balaban J connectivity index is 3.76. The van der Waals surface area contributed by atoms with E-state index in [0.717, 1.165) is 25.9 Å². The number of urea groups is 1. The van der Waals surface area contributed by atoms with Gasteiger partial charge in [-0.15, -0.1) is 0 Å². The minimum Gasteiger partial charge on any atom is -0.324 e. The second kappa shape index (κ2) is 5.97. The van der Waals surface area contributed by atoms with Crippen molar-refractivity contribution in [1.29, 1.82) is 0 Å². The van der Waals surface area contributed by atoms with Gasteiger partial charge in [0.25, 0.3) is 0 Å². The summed E-state index contributed by atoms with van der Waals surface area (Å²) in [6, 6.07) is -0.186. The van der Waals surface area contributed by atoms with Crippen LogP contribution < -0.4 is 11.3 Å². The highest BCUT2D eigenvalue weighted by molar-refractivity contribution is 5.73. The molecule has 0 aliphatic carbocycles. The molecule has 0 spiro atoms. The SMILES string of the molecule is CCCN(CCC)C(=O)NN. The maximum atomic E-state index is 11.0. The Kier molecular flexibility index (Phi) is 5.56. The summed E-state index contributed by atoms with van der Waals surface area (Å²) < 4.78 is 0. The predicted molar refractivity (Wildman–Crippen MR) is 44.9 cm³/mol. The van der Waals surface area contributed by atoms with E-state index in [-0.39, 0.29) is 6.03 Å². The van der Waals surface area contributed by atoms with Gasteiger partial charge in [-0.1, -0.05) is 13.8 Å². The molecule has 66 valence electrons. The lowest BCUT2D eigenvalue weighted by Crippen LogP contribution is -2.44. The van der Waals surface area contributed by atoms with Gasteiger partial charge in [0.2, 0.25) is 0 Å². The zero-order valence-electron chi connectivity index (χ0n) is 7.26. The number of hydrazine groups is 1. The first-order valence-corrected chi connectivity index (χ1v) is 4.01. The minimum atomic E-state index is -0.186. The summed E-state index contributed by atoms with van der Waals surface area (Å²) in [7, 11) is 0. The van der Waals surface area contributed by atoms with Crippen LogP contribution in [0.15, 0.2) is 0 Å². The monoisotopic (exact) mass is 159 g/mol. The van der Waals surface area contributed by atoms with Crippen LogP contribution >= 0.6 is 0 Å². The van der Waals surface area contributed by atoms with Gasteiger partial charge >= 0.3 is 6.03 Å². The van der Waals surface area contributed by atoms with Crippen molar-refractivity contribution in [2.45, 2.75) is 26.7 Å². The van der Waals surface area contributed by atoms with Crippen LogP contribution in [0.4, 0.5) is 4.79 Å². The van der Waals surface area contributed by atoms with Crippen LogP contribution in [0.25, 0.3) is 0 Å². The Morgan fingerprint density at radius 1 is 1.36 bits per heavy atom. The average Bonchev–Trinajstić information content (AvgIpc) is 2.03. The quantitative estimate of drug-likeness (QED) is 0.360. The smallest absolute Gasteiger partial charge is 0.324 e. The molecule has 0 atom stereocenters. The third-order valence-electron chi connectivity index (χ3n) is 1.40. The number of nitrogens with zero attached hydrogens (tertiary/aromatic N) is 1. The highest BCUT2D eigenvalue weighted by Crippen LogP contribution is 1.93. The van der Waals surface area contributed by atoms with Crippen molar-refractivity contribution in [2.75, 3.05) is 13.1 Å². The van der Waals surface area contributed by atoms with Crippen molar-refractivity contribution in [1.82, 2.24) is 10.3 Å². The molecule has 0 unspecified atom stereocenters. The molecule has 2 amide bonds. The van der Waals surface area contributed by atoms with Gasteiger partial charge in [0.05, 0.1) is 0 Å². The van der Waals surface area contributed by atoms with Crippen molar-refractivity contribution in [3.05, 3.63) is 0 Å². The fraction of sp³-hybridized carbons (Fsp3) is 0.857. The zero-order chi connectivity index (χ0) is 8.69. The largest absolute Gasteiger partial charge is 0.331 e. The molecule has 0 fully saturated rings. The van der Waals surface area contributed by atoms with Gasteiger partial charge in [-0.05, 0) is 12.8 Å². The number of hydrogen-bond donors (Lipinski definition) is 2. The molecule has 0 aliphatic rings.